The van der Waals surface area contributed by atoms with Crippen molar-refractivity contribution in [3.8, 4) is 17.0 Å². The van der Waals surface area contributed by atoms with Gasteiger partial charge in [-0.2, -0.15) is 17.6 Å². The second kappa shape index (κ2) is 15.6. The molecule has 0 saturated heterocycles. The predicted molar refractivity (Wildman–Crippen MR) is 144 cm³/mol. The lowest BCUT2D eigenvalue weighted by molar-refractivity contribution is -0.160. The number of unbranched alkanes of at least 4 members (excludes halogenated alkanes) is 8. The minimum atomic E-state index is -3.75. The molecule has 1 heterocycles. The summed E-state index contributed by atoms with van der Waals surface area (Å²) in [4.78, 5) is 3.56. The molecule has 3 rings (SSSR count). The van der Waals surface area contributed by atoms with Crippen LogP contribution in [0, 0.1) is 17.6 Å². The second-order valence-electron chi connectivity index (χ2n) is 10.6. The van der Waals surface area contributed by atoms with Crippen LogP contribution in [0.25, 0.3) is 11.3 Å². The monoisotopic (exact) mass is 573 g/mol. The standard InChI is InChI=1S/C31H41F6NO2/c1-3-5-7-9-10-12-18-39-25-16-15-23(28(33)29(25)34)24-19-21-14-17-26(31(36,37)27(21)30(35)38-24)40-20-22(32)13-11-8-6-4-2/h15-16,19,22,26H,3-14,17-18,20H2,1-2H3. The highest BCUT2D eigenvalue weighted by molar-refractivity contribution is 5.63. The summed E-state index contributed by atoms with van der Waals surface area (Å²) in [5.74, 6) is -8.02. The number of pyridine rings is 1. The summed E-state index contributed by atoms with van der Waals surface area (Å²) in [5, 5.41) is 0. The molecule has 0 amide bonds. The maximum absolute atomic E-state index is 15.2. The molecule has 1 aromatic carbocycles. The average molecular weight is 574 g/mol. The number of rotatable bonds is 17. The van der Waals surface area contributed by atoms with Crippen molar-refractivity contribution in [2.75, 3.05) is 13.2 Å². The second-order valence-corrected chi connectivity index (χ2v) is 10.6. The Bertz CT molecular complexity index is 1080. The van der Waals surface area contributed by atoms with Crippen LogP contribution in [0.2, 0.25) is 0 Å². The zero-order valence-corrected chi connectivity index (χ0v) is 23.5. The largest absolute Gasteiger partial charge is 0.490 e. The molecule has 224 valence electrons. The van der Waals surface area contributed by atoms with Crippen LogP contribution in [0.4, 0.5) is 26.3 Å². The molecule has 0 saturated carbocycles. The van der Waals surface area contributed by atoms with E-state index in [1.165, 1.54) is 12.1 Å². The van der Waals surface area contributed by atoms with Crippen LogP contribution in [0.5, 0.6) is 5.75 Å². The number of aryl methyl sites for hydroxylation is 1. The lowest BCUT2D eigenvalue weighted by Crippen LogP contribution is -2.40. The topological polar surface area (TPSA) is 31.4 Å². The van der Waals surface area contributed by atoms with Gasteiger partial charge < -0.3 is 9.47 Å². The third kappa shape index (κ3) is 8.37. The number of nitrogens with zero attached hydrogens (tertiary/aromatic N) is 1. The molecule has 3 nitrogen and oxygen atoms in total. The zero-order valence-electron chi connectivity index (χ0n) is 23.5. The molecule has 0 bridgehead atoms. The molecule has 2 aromatic rings. The van der Waals surface area contributed by atoms with E-state index in [0.29, 0.717) is 12.8 Å². The molecule has 0 aliphatic heterocycles. The van der Waals surface area contributed by atoms with Crippen molar-refractivity contribution in [3.63, 3.8) is 0 Å². The lowest BCUT2D eigenvalue weighted by Gasteiger charge is -2.33. The van der Waals surface area contributed by atoms with Crippen LogP contribution < -0.4 is 4.74 Å². The first-order valence-corrected chi connectivity index (χ1v) is 14.6. The van der Waals surface area contributed by atoms with Gasteiger partial charge in [0, 0.05) is 5.56 Å². The molecule has 1 aromatic heterocycles. The van der Waals surface area contributed by atoms with Crippen LogP contribution in [0.15, 0.2) is 18.2 Å². The van der Waals surface area contributed by atoms with Crippen molar-refractivity contribution < 1.29 is 35.8 Å². The molecule has 0 N–H and O–H groups in total. The number of aromatic nitrogens is 1. The number of fused-ring (bicyclic) bond motifs is 1. The number of hydrogen-bond donors (Lipinski definition) is 0. The van der Waals surface area contributed by atoms with E-state index in [1.54, 1.807) is 0 Å². The maximum Gasteiger partial charge on any atom is 0.303 e. The molecule has 0 fully saturated rings. The van der Waals surface area contributed by atoms with Crippen molar-refractivity contribution in [1.29, 1.82) is 0 Å². The Morgan fingerprint density at radius 3 is 2.33 bits per heavy atom. The Kier molecular flexibility index (Phi) is 12.6. The van der Waals surface area contributed by atoms with E-state index in [4.69, 9.17) is 9.47 Å². The molecule has 0 spiro atoms. The van der Waals surface area contributed by atoms with Gasteiger partial charge in [-0.05, 0) is 49.4 Å². The smallest absolute Gasteiger partial charge is 0.303 e. The molecule has 9 heteroatoms. The van der Waals surface area contributed by atoms with Gasteiger partial charge in [0.25, 0.3) is 0 Å². The van der Waals surface area contributed by atoms with E-state index in [2.05, 4.69) is 11.9 Å². The summed E-state index contributed by atoms with van der Waals surface area (Å²) >= 11 is 0. The van der Waals surface area contributed by atoms with E-state index in [1.807, 2.05) is 6.92 Å². The SMILES string of the molecule is CCCCCCCCOc1ccc(-c2cc3c(c(F)n2)C(F)(F)C(OCC(F)CCCCCC)CC3)c(F)c1F. The first-order chi connectivity index (χ1) is 19.2. The van der Waals surface area contributed by atoms with Gasteiger partial charge >= 0.3 is 5.92 Å². The van der Waals surface area contributed by atoms with E-state index in [0.717, 1.165) is 57.4 Å². The molecular weight excluding hydrogens is 532 g/mol. The first-order valence-electron chi connectivity index (χ1n) is 14.6. The lowest BCUT2D eigenvalue weighted by atomic mass is 9.86. The molecule has 2 unspecified atom stereocenters. The van der Waals surface area contributed by atoms with Gasteiger partial charge in [0.1, 0.15) is 12.3 Å². The Morgan fingerprint density at radius 1 is 0.925 bits per heavy atom. The molecule has 40 heavy (non-hydrogen) atoms. The predicted octanol–water partition coefficient (Wildman–Crippen LogP) is 9.64. The van der Waals surface area contributed by atoms with Crippen molar-refractivity contribution >= 4 is 0 Å². The summed E-state index contributed by atoms with van der Waals surface area (Å²) in [6.45, 7) is 3.90. The summed E-state index contributed by atoms with van der Waals surface area (Å²) in [6.07, 6.45) is 6.54. The highest BCUT2D eigenvalue weighted by Gasteiger charge is 2.49. The third-order valence-electron chi connectivity index (χ3n) is 7.40. The zero-order chi connectivity index (χ0) is 29.1. The van der Waals surface area contributed by atoms with Gasteiger partial charge in [-0.1, -0.05) is 71.6 Å². The molecule has 0 radical (unpaired) electrons. The van der Waals surface area contributed by atoms with Gasteiger partial charge in [-0.15, -0.1) is 0 Å². The van der Waals surface area contributed by atoms with E-state index < -0.39 is 48.0 Å². The summed E-state index contributed by atoms with van der Waals surface area (Å²) in [6, 6.07) is 3.60. The minimum absolute atomic E-state index is 0.000958. The summed E-state index contributed by atoms with van der Waals surface area (Å²) < 4.78 is 99.8. The minimum Gasteiger partial charge on any atom is -0.490 e. The number of hydrogen-bond acceptors (Lipinski definition) is 3. The average Bonchev–Trinajstić information content (AvgIpc) is 2.92. The van der Waals surface area contributed by atoms with Crippen LogP contribution >= 0.6 is 0 Å². The van der Waals surface area contributed by atoms with Crippen molar-refractivity contribution in [2.24, 2.45) is 0 Å². The maximum atomic E-state index is 15.2. The Balaban J connectivity index is 1.66. The van der Waals surface area contributed by atoms with Gasteiger partial charge in [-0.3, -0.25) is 0 Å². The Hall–Kier alpha value is -2.29. The summed E-state index contributed by atoms with van der Waals surface area (Å²) in [5.41, 5.74) is -1.64. The fraction of sp³-hybridized carbons (Fsp3) is 0.645. The molecular formula is C31H41F6NO2. The van der Waals surface area contributed by atoms with Crippen molar-refractivity contribution in [1.82, 2.24) is 4.98 Å². The van der Waals surface area contributed by atoms with Crippen molar-refractivity contribution in [2.45, 2.75) is 116 Å². The Morgan fingerprint density at radius 2 is 1.60 bits per heavy atom. The molecule has 1 aliphatic carbocycles. The van der Waals surface area contributed by atoms with Gasteiger partial charge in [0.05, 0.1) is 24.5 Å². The van der Waals surface area contributed by atoms with E-state index >= 15 is 8.78 Å². The van der Waals surface area contributed by atoms with Gasteiger partial charge in [0.2, 0.25) is 11.8 Å². The van der Waals surface area contributed by atoms with Crippen molar-refractivity contribution in [3.05, 3.63) is 46.9 Å². The molecule has 1 aliphatic rings. The van der Waals surface area contributed by atoms with E-state index in [-0.39, 0.29) is 48.4 Å². The number of halogens is 6. The van der Waals surface area contributed by atoms with Crippen LogP contribution in [-0.2, 0) is 17.1 Å². The quantitative estimate of drug-likeness (QED) is 0.107. The van der Waals surface area contributed by atoms with Crippen LogP contribution in [0.1, 0.15) is 102 Å². The summed E-state index contributed by atoms with van der Waals surface area (Å²) in [7, 11) is 0. The third-order valence-corrected chi connectivity index (χ3v) is 7.40. The number of alkyl halides is 3. The highest BCUT2D eigenvalue weighted by Crippen LogP contribution is 2.44. The number of benzene rings is 1. The van der Waals surface area contributed by atoms with E-state index in [9.17, 15) is 17.6 Å². The normalized spacial score (nSPS) is 17.1. The number of ether oxygens (including phenoxy) is 2. The van der Waals surface area contributed by atoms with Crippen LogP contribution in [-0.4, -0.2) is 30.5 Å². The first kappa shape index (κ1) is 32.2. The Labute approximate surface area is 233 Å². The molecule has 2 atom stereocenters. The van der Waals surface area contributed by atoms with Gasteiger partial charge in [-0.25, -0.2) is 13.8 Å². The fourth-order valence-electron chi connectivity index (χ4n) is 5.07. The van der Waals surface area contributed by atoms with Gasteiger partial charge in [0.15, 0.2) is 11.6 Å². The fourth-order valence-corrected chi connectivity index (χ4v) is 5.07. The van der Waals surface area contributed by atoms with Crippen LogP contribution in [0.3, 0.4) is 0 Å². The highest BCUT2D eigenvalue weighted by atomic mass is 19.3.